The first kappa shape index (κ1) is 16.9. The SMILES string of the molecule is Cn1cnc2[nH]c(=O)n(-c3ccc(C#Cc4ccccc4)cc3Cl)c(=O)c21. The second-order valence-electron chi connectivity index (χ2n) is 5.91. The zero-order chi connectivity index (χ0) is 19.0. The first-order chi connectivity index (χ1) is 13.0. The van der Waals surface area contributed by atoms with Gasteiger partial charge in [-0.15, -0.1) is 0 Å². The molecule has 132 valence electrons. The van der Waals surface area contributed by atoms with Gasteiger partial charge in [0.05, 0.1) is 17.0 Å². The van der Waals surface area contributed by atoms with Crippen LogP contribution in [0.5, 0.6) is 0 Å². The summed E-state index contributed by atoms with van der Waals surface area (Å²) in [6.07, 6.45) is 1.47. The molecule has 0 amide bonds. The summed E-state index contributed by atoms with van der Waals surface area (Å²) in [5.74, 6) is 6.06. The molecule has 0 saturated carbocycles. The zero-order valence-corrected chi connectivity index (χ0v) is 15.0. The highest BCUT2D eigenvalue weighted by atomic mass is 35.5. The first-order valence-corrected chi connectivity index (χ1v) is 8.46. The fourth-order valence-electron chi connectivity index (χ4n) is 2.78. The maximum absolute atomic E-state index is 12.8. The van der Waals surface area contributed by atoms with Crippen molar-refractivity contribution in [2.45, 2.75) is 0 Å². The molecule has 0 bridgehead atoms. The first-order valence-electron chi connectivity index (χ1n) is 8.08. The quantitative estimate of drug-likeness (QED) is 0.519. The van der Waals surface area contributed by atoms with Crippen molar-refractivity contribution < 1.29 is 0 Å². The molecule has 0 aliphatic carbocycles. The number of imidazole rings is 1. The van der Waals surface area contributed by atoms with Crippen LogP contribution < -0.4 is 11.2 Å². The predicted octanol–water partition coefficient (Wildman–Crippen LogP) is 2.47. The summed E-state index contributed by atoms with van der Waals surface area (Å²) in [5.41, 5.74) is 1.29. The number of nitrogens with zero attached hydrogens (tertiary/aromatic N) is 3. The predicted molar refractivity (Wildman–Crippen MR) is 104 cm³/mol. The average Bonchev–Trinajstić information content (AvgIpc) is 3.03. The van der Waals surface area contributed by atoms with Gasteiger partial charge in [-0.3, -0.25) is 9.78 Å². The van der Waals surface area contributed by atoms with Gasteiger partial charge in [-0.25, -0.2) is 14.3 Å². The molecule has 2 aromatic heterocycles. The van der Waals surface area contributed by atoms with Gasteiger partial charge in [-0.05, 0) is 30.3 Å². The molecule has 2 heterocycles. The van der Waals surface area contributed by atoms with E-state index in [2.05, 4.69) is 21.8 Å². The summed E-state index contributed by atoms with van der Waals surface area (Å²) < 4.78 is 2.55. The molecule has 0 radical (unpaired) electrons. The fourth-order valence-corrected chi connectivity index (χ4v) is 3.04. The minimum atomic E-state index is -0.601. The van der Waals surface area contributed by atoms with Crippen LogP contribution >= 0.6 is 11.6 Å². The number of aromatic amines is 1. The van der Waals surface area contributed by atoms with Gasteiger partial charge in [0.2, 0.25) is 0 Å². The molecule has 2 aromatic carbocycles. The van der Waals surface area contributed by atoms with Gasteiger partial charge in [-0.1, -0.05) is 41.6 Å². The Balaban J connectivity index is 1.82. The maximum Gasteiger partial charge on any atom is 0.334 e. The topological polar surface area (TPSA) is 72.7 Å². The number of fused-ring (bicyclic) bond motifs is 1. The molecule has 0 spiro atoms. The van der Waals surface area contributed by atoms with E-state index in [1.165, 1.54) is 6.33 Å². The van der Waals surface area contributed by atoms with Crippen LogP contribution in [-0.4, -0.2) is 19.1 Å². The summed E-state index contributed by atoms with van der Waals surface area (Å²) in [5, 5.41) is 0.254. The molecule has 0 atom stereocenters. The van der Waals surface area contributed by atoms with Crippen molar-refractivity contribution in [1.82, 2.24) is 19.1 Å². The van der Waals surface area contributed by atoms with E-state index >= 15 is 0 Å². The Morgan fingerprint density at radius 1 is 1.04 bits per heavy atom. The van der Waals surface area contributed by atoms with Crippen LogP contribution in [0.25, 0.3) is 16.9 Å². The lowest BCUT2D eigenvalue weighted by atomic mass is 10.1. The van der Waals surface area contributed by atoms with Crippen LogP contribution in [0, 0.1) is 11.8 Å². The Hall–Kier alpha value is -3.56. The van der Waals surface area contributed by atoms with E-state index in [9.17, 15) is 9.59 Å². The number of hydrogen-bond donors (Lipinski definition) is 1. The van der Waals surface area contributed by atoms with Crippen LogP contribution in [0.4, 0.5) is 0 Å². The molecule has 4 aromatic rings. The van der Waals surface area contributed by atoms with Crippen molar-refractivity contribution >= 4 is 22.8 Å². The smallest absolute Gasteiger partial charge is 0.328 e. The molecule has 0 fully saturated rings. The van der Waals surface area contributed by atoms with Crippen molar-refractivity contribution in [3.05, 3.63) is 91.8 Å². The third-order valence-corrected chi connectivity index (χ3v) is 4.39. The molecule has 1 N–H and O–H groups in total. The lowest BCUT2D eigenvalue weighted by Crippen LogP contribution is -2.34. The number of benzene rings is 2. The van der Waals surface area contributed by atoms with Crippen LogP contribution in [0.1, 0.15) is 11.1 Å². The van der Waals surface area contributed by atoms with Crippen molar-refractivity contribution in [2.75, 3.05) is 0 Å². The molecule has 6 nitrogen and oxygen atoms in total. The van der Waals surface area contributed by atoms with Crippen molar-refractivity contribution in [2.24, 2.45) is 7.05 Å². The number of H-pyrrole nitrogens is 1. The molecule has 27 heavy (non-hydrogen) atoms. The normalized spacial score (nSPS) is 10.6. The van der Waals surface area contributed by atoms with Gasteiger partial charge < -0.3 is 4.57 Å². The molecular formula is C20H13ClN4O2. The Kier molecular flexibility index (Phi) is 4.15. The van der Waals surface area contributed by atoms with Crippen molar-refractivity contribution in [1.29, 1.82) is 0 Å². The average molecular weight is 377 g/mol. The molecule has 7 heteroatoms. The summed E-state index contributed by atoms with van der Waals surface area (Å²) in [7, 11) is 1.68. The minimum absolute atomic E-state index is 0.241. The van der Waals surface area contributed by atoms with Crippen molar-refractivity contribution in [3.8, 4) is 17.5 Å². The summed E-state index contributed by atoms with van der Waals surface area (Å²) in [6, 6.07) is 14.5. The van der Waals surface area contributed by atoms with E-state index in [0.29, 0.717) is 11.1 Å². The molecule has 0 saturated heterocycles. The fraction of sp³-hybridized carbons (Fsp3) is 0.0500. The lowest BCUT2D eigenvalue weighted by Gasteiger charge is -2.07. The van der Waals surface area contributed by atoms with Crippen LogP contribution in [0.15, 0.2) is 64.4 Å². The Bertz CT molecular complexity index is 1340. The van der Waals surface area contributed by atoms with Gasteiger partial charge in [0.25, 0.3) is 5.56 Å². The van der Waals surface area contributed by atoms with Gasteiger partial charge in [-0.2, -0.15) is 0 Å². The molecule has 0 unspecified atom stereocenters. The summed E-state index contributed by atoms with van der Waals surface area (Å²) >= 11 is 6.35. The van der Waals surface area contributed by atoms with Crippen LogP contribution in [0.2, 0.25) is 5.02 Å². The highest BCUT2D eigenvalue weighted by molar-refractivity contribution is 6.32. The number of hydrogen-bond acceptors (Lipinski definition) is 3. The number of aromatic nitrogens is 4. The van der Waals surface area contributed by atoms with E-state index in [0.717, 1.165) is 10.1 Å². The second kappa shape index (κ2) is 6.63. The van der Waals surface area contributed by atoms with E-state index in [1.54, 1.807) is 29.8 Å². The van der Waals surface area contributed by atoms with E-state index in [-0.39, 0.29) is 16.4 Å². The Morgan fingerprint density at radius 3 is 2.52 bits per heavy atom. The Morgan fingerprint density at radius 2 is 1.78 bits per heavy atom. The summed E-state index contributed by atoms with van der Waals surface area (Å²) in [6.45, 7) is 0. The zero-order valence-electron chi connectivity index (χ0n) is 14.2. The molecule has 4 rings (SSSR count). The lowest BCUT2D eigenvalue weighted by molar-refractivity contribution is 0.874. The second-order valence-corrected chi connectivity index (χ2v) is 6.31. The van der Waals surface area contributed by atoms with Crippen LogP contribution in [-0.2, 0) is 7.05 Å². The van der Waals surface area contributed by atoms with E-state index in [4.69, 9.17) is 11.6 Å². The monoisotopic (exact) mass is 376 g/mol. The highest BCUT2D eigenvalue weighted by Crippen LogP contribution is 2.20. The van der Waals surface area contributed by atoms with Gasteiger partial charge in [0, 0.05) is 18.2 Å². The molecular weight excluding hydrogens is 364 g/mol. The number of rotatable bonds is 1. The standard InChI is InChI=1S/C20H13ClN4O2/c1-24-12-22-18-17(24)19(26)25(20(27)23-18)16-10-9-14(11-15(16)21)8-7-13-5-3-2-4-6-13/h2-6,9-12H,1H3,(H,23,27). The van der Waals surface area contributed by atoms with Crippen LogP contribution in [0.3, 0.4) is 0 Å². The third-order valence-electron chi connectivity index (χ3n) is 4.08. The maximum atomic E-state index is 12.8. The number of nitrogens with one attached hydrogen (secondary N) is 1. The third kappa shape index (κ3) is 3.05. The van der Waals surface area contributed by atoms with E-state index < -0.39 is 11.2 Å². The summed E-state index contributed by atoms with van der Waals surface area (Å²) in [4.78, 5) is 31.8. The van der Waals surface area contributed by atoms with Crippen molar-refractivity contribution in [3.63, 3.8) is 0 Å². The molecule has 0 aliphatic heterocycles. The van der Waals surface area contributed by atoms with E-state index in [1.807, 2.05) is 30.3 Å². The number of halogens is 1. The minimum Gasteiger partial charge on any atom is -0.328 e. The van der Waals surface area contributed by atoms with Gasteiger partial charge in [0.1, 0.15) is 0 Å². The largest absolute Gasteiger partial charge is 0.334 e. The van der Waals surface area contributed by atoms with Gasteiger partial charge >= 0.3 is 5.69 Å². The number of aryl methyl sites for hydroxylation is 1. The highest BCUT2D eigenvalue weighted by Gasteiger charge is 2.15. The molecule has 0 aliphatic rings. The van der Waals surface area contributed by atoms with Gasteiger partial charge in [0.15, 0.2) is 11.2 Å². The Labute approximate surface area is 158 Å².